The van der Waals surface area contributed by atoms with E-state index in [1.807, 2.05) is 24.3 Å². The molecule has 2 fully saturated rings. The summed E-state index contributed by atoms with van der Waals surface area (Å²) in [7, 11) is 3.27. The van der Waals surface area contributed by atoms with E-state index in [-0.39, 0.29) is 11.8 Å². The number of H-pyrrole nitrogens is 1. The van der Waals surface area contributed by atoms with Crippen LogP contribution in [-0.2, 0) is 10.2 Å². The highest BCUT2D eigenvalue weighted by molar-refractivity contribution is 6.10. The average Bonchev–Trinajstić information content (AvgIpc) is 3.41. The van der Waals surface area contributed by atoms with E-state index in [0.29, 0.717) is 17.4 Å². The summed E-state index contributed by atoms with van der Waals surface area (Å²) < 4.78 is 11.1. The summed E-state index contributed by atoms with van der Waals surface area (Å²) >= 11 is 0. The summed E-state index contributed by atoms with van der Waals surface area (Å²) in [6.07, 6.45) is 3.45. The second-order valence-electron chi connectivity index (χ2n) is 9.52. The van der Waals surface area contributed by atoms with Gasteiger partial charge in [0.15, 0.2) is 17.5 Å². The number of rotatable bonds is 6. The van der Waals surface area contributed by atoms with Crippen molar-refractivity contribution in [2.45, 2.75) is 24.2 Å². The van der Waals surface area contributed by atoms with Crippen molar-refractivity contribution in [3.05, 3.63) is 53.9 Å². The molecule has 1 saturated heterocycles. The van der Waals surface area contributed by atoms with Gasteiger partial charge < -0.3 is 25.0 Å². The summed E-state index contributed by atoms with van der Waals surface area (Å²) in [6, 6.07) is 12.0. The Morgan fingerprint density at radius 2 is 1.97 bits per heavy atom. The number of amides is 1. The number of aromatic nitrogens is 4. The molecule has 2 atom stereocenters. The van der Waals surface area contributed by atoms with E-state index in [1.54, 1.807) is 14.2 Å². The van der Waals surface area contributed by atoms with E-state index in [9.17, 15) is 4.79 Å². The molecule has 1 spiro atoms. The molecule has 2 aromatic carbocycles. The molecule has 36 heavy (non-hydrogen) atoms. The Morgan fingerprint density at radius 1 is 1.08 bits per heavy atom. The standard InChI is InChI=1S/C26H25N7O3/c1-35-15-5-7-19-17(11-15)26(25(34)29-19)12-18(26)14-4-6-16-20(10-14)31-32-22(16)30-23-21(36-2)24(28-13-27-23)33-8-3-9-33/h4-7,10-11,13,18H,3,8-9,12H2,1-2H3,(H,29,34)(H2,27,28,30,31,32)/t18-,26-/m0/s1. The SMILES string of the molecule is COc1ccc2c(c1)[C@]1(C[C@H]1c1ccc3c(Nc4ncnc(N5CCC5)c4OC)n[nH]c3c1)C(=O)N2. The lowest BCUT2D eigenvalue weighted by Gasteiger charge is -2.33. The number of benzene rings is 2. The number of carbonyl (C=O) groups is 1. The molecule has 10 heteroatoms. The van der Waals surface area contributed by atoms with Crippen LogP contribution >= 0.6 is 0 Å². The molecule has 3 N–H and O–H groups in total. The minimum absolute atomic E-state index is 0.0525. The Balaban J connectivity index is 1.19. The van der Waals surface area contributed by atoms with Gasteiger partial charge in [0.1, 0.15) is 12.1 Å². The maximum atomic E-state index is 13.0. The lowest BCUT2D eigenvalue weighted by Crippen LogP contribution is -2.38. The monoisotopic (exact) mass is 483 g/mol. The van der Waals surface area contributed by atoms with Crippen molar-refractivity contribution in [1.82, 2.24) is 20.2 Å². The topological polar surface area (TPSA) is 117 Å². The van der Waals surface area contributed by atoms with E-state index in [1.165, 1.54) is 6.33 Å². The highest BCUT2D eigenvalue weighted by atomic mass is 16.5. The van der Waals surface area contributed by atoms with Crippen LogP contribution in [-0.4, -0.2) is 53.4 Å². The molecule has 2 aromatic heterocycles. The fourth-order valence-corrected chi connectivity index (χ4v) is 5.55. The highest BCUT2D eigenvalue weighted by Gasteiger charge is 2.65. The zero-order valence-electron chi connectivity index (χ0n) is 20.0. The van der Waals surface area contributed by atoms with Crippen LogP contribution in [0.2, 0.25) is 0 Å². The number of carbonyl (C=O) groups excluding carboxylic acids is 1. The van der Waals surface area contributed by atoms with Gasteiger partial charge in [0.2, 0.25) is 11.7 Å². The van der Waals surface area contributed by atoms with Gasteiger partial charge in [-0.1, -0.05) is 6.07 Å². The van der Waals surface area contributed by atoms with Crippen molar-refractivity contribution in [2.24, 2.45) is 0 Å². The number of aromatic amines is 1. The first-order chi connectivity index (χ1) is 17.6. The number of methoxy groups -OCH3 is 2. The molecule has 182 valence electrons. The van der Waals surface area contributed by atoms with Crippen molar-refractivity contribution in [3.63, 3.8) is 0 Å². The summed E-state index contributed by atoms with van der Waals surface area (Å²) in [5.41, 5.74) is 3.33. The molecule has 4 aromatic rings. The molecule has 1 saturated carbocycles. The van der Waals surface area contributed by atoms with Gasteiger partial charge in [-0.2, -0.15) is 5.10 Å². The second kappa shape index (κ2) is 7.58. The fraction of sp³-hybridized carbons (Fsp3) is 0.308. The minimum atomic E-state index is -0.541. The zero-order valence-corrected chi connectivity index (χ0v) is 20.0. The first kappa shape index (κ1) is 21.0. The molecule has 1 amide bonds. The van der Waals surface area contributed by atoms with Gasteiger partial charge >= 0.3 is 0 Å². The van der Waals surface area contributed by atoms with Gasteiger partial charge in [-0.3, -0.25) is 9.89 Å². The molecule has 10 nitrogen and oxygen atoms in total. The third-order valence-corrected chi connectivity index (χ3v) is 7.69. The number of hydrogen-bond acceptors (Lipinski definition) is 8. The summed E-state index contributed by atoms with van der Waals surface area (Å²) in [5, 5.41) is 14.9. The number of anilines is 4. The Bertz CT molecular complexity index is 1530. The van der Waals surface area contributed by atoms with E-state index in [4.69, 9.17) is 9.47 Å². The number of hydrogen-bond donors (Lipinski definition) is 3. The van der Waals surface area contributed by atoms with Crippen LogP contribution in [0.25, 0.3) is 10.9 Å². The largest absolute Gasteiger partial charge is 0.497 e. The number of nitrogens with zero attached hydrogens (tertiary/aromatic N) is 4. The maximum Gasteiger partial charge on any atom is 0.235 e. The highest BCUT2D eigenvalue weighted by Crippen LogP contribution is 2.65. The zero-order chi connectivity index (χ0) is 24.4. The van der Waals surface area contributed by atoms with Crippen LogP contribution in [0.1, 0.15) is 29.9 Å². The molecule has 3 aliphatic rings. The normalized spacial score (nSPS) is 21.8. The van der Waals surface area contributed by atoms with Crippen LogP contribution in [0.15, 0.2) is 42.7 Å². The Kier molecular flexibility index (Phi) is 4.42. The van der Waals surface area contributed by atoms with Crippen molar-refractivity contribution < 1.29 is 14.3 Å². The minimum Gasteiger partial charge on any atom is -0.497 e. The van der Waals surface area contributed by atoms with E-state index >= 15 is 0 Å². The molecule has 2 aliphatic heterocycles. The molecule has 0 bridgehead atoms. The molecular formula is C26H25N7O3. The van der Waals surface area contributed by atoms with Crippen molar-refractivity contribution in [3.8, 4) is 11.5 Å². The smallest absolute Gasteiger partial charge is 0.235 e. The second-order valence-corrected chi connectivity index (χ2v) is 9.52. The molecule has 4 heterocycles. The lowest BCUT2D eigenvalue weighted by atomic mass is 9.91. The van der Waals surface area contributed by atoms with Crippen molar-refractivity contribution in [2.75, 3.05) is 42.8 Å². The average molecular weight is 484 g/mol. The van der Waals surface area contributed by atoms with Crippen LogP contribution < -0.4 is 25.0 Å². The Morgan fingerprint density at radius 3 is 2.75 bits per heavy atom. The van der Waals surface area contributed by atoms with Crippen LogP contribution in [0.5, 0.6) is 11.5 Å². The Labute approximate surface area is 207 Å². The van der Waals surface area contributed by atoms with Crippen molar-refractivity contribution in [1.29, 1.82) is 0 Å². The van der Waals surface area contributed by atoms with Crippen LogP contribution in [0, 0.1) is 0 Å². The van der Waals surface area contributed by atoms with Gasteiger partial charge in [0.25, 0.3) is 0 Å². The number of fused-ring (bicyclic) bond motifs is 3. The van der Waals surface area contributed by atoms with E-state index in [0.717, 1.165) is 65.2 Å². The van der Waals surface area contributed by atoms with E-state index in [2.05, 4.69) is 47.8 Å². The first-order valence-electron chi connectivity index (χ1n) is 12.0. The molecule has 0 radical (unpaired) electrons. The van der Waals surface area contributed by atoms with Gasteiger partial charge in [0, 0.05) is 30.1 Å². The first-order valence-corrected chi connectivity index (χ1v) is 12.0. The lowest BCUT2D eigenvalue weighted by molar-refractivity contribution is -0.118. The molecule has 0 unspecified atom stereocenters. The quantitative estimate of drug-likeness (QED) is 0.380. The predicted octanol–water partition coefficient (Wildman–Crippen LogP) is 3.70. The predicted molar refractivity (Wildman–Crippen MR) is 135 cm³/mol. The summed E-state index contributed by atoms with van der Waals surface area (Å²) in [5.74, 6) is 3.52. The summed E-state index contributed by atoms with van der Waals surface area (Å²) in [6.45, 7) is 1.91. The number of nitrogens with one attached hydrogen (secondary N) is 3. The van der Waals surface area contributed by atoms with Crippen molar-refractivity contribution >= 4 is 40.0 Å². The fourth-order valence-electron chi connectivity index (χ4n) is 5.55. The van der Waals surface area contributed by atoms with Gasteiger partial charge in [0.05, 0.1) is 25.2 Å². The van der Waals surface area contributed by atoms with Crippen LogP contribution in [0.4, 0.5) is 23.1 Å². The molecular weight excluding hydrogens is 458 g/mol. The van der Waals surface area contributed by atoms with Gasteiger partial charge in [-0.25, -0.2) is 9.97 Å². The third-order valence-electron chi connectivity index (χ3n) is 7.69. The Hall–Kier alpha value is -4.34. The van der Waals surface area contributed by atoms with Gasteiger partial charge in [-0.05, 0) is 54.3 Å². The van der Waals surface area contributed by atoms with Gasteiger partial charge in [-0.15, -0.1) is 0 Å². The van der Waals surface area contributed by atoms with Crippen LogP contribution in [0.3, 0.4) is 0 Å². The number of ether oxygens (including phenoxy) is 2. The molecule has 1 aliphatic carbocycles. The third kappa shape index (κ3) is 2.90. The summed E-state index contributed by atoms with van der Waals surface area (Å²) in [4.78, 5) is 24.0. The van der Waals surface area contributed by atoms with E-state index < -0.39 is 5.41 Å². The maximum absolute atomic E-state index is 13.0. The molecule has 7 rings (SSSR count).